The minimum atomic E-state index is -0.668. The summed E-state index contributed by atoms with van der Waals surface area (Å²) in [5.41, 5.74) is 1.32. The Labute approximate surface area is 168 Å². The highest BCUT2D eigenvalue weighted by molar-refractivity contribution is 7.14. The van der Waals surface area contributed by atoms with Crippen molar-refractivity contribution in [3.8, 4) is 11.3 Å². The molecular formula is C19H16F2N4O3S. The molecule has 0 spiro atoms. The molecule has 2 aromatic carbocycles. The van der Waals surface area contributed by atoms with Gasteiger partial charge < -0.3 is 5.32 Å². The quantitative estimate of drug-likeness (QED) is 0.462. The third-order valence-electron chi connectivity index (χ3n) is 3.97. The summed E-state index contributed by atoms with van der Waals surface area (Å²) in [6, 6.07) is 9.36. The number of nitrogens with zero attached hydrogens (tertiary/aromatic N) is 3. The van der Waals surface area contributed by atoms with E-state index in [1.807, 2.05) is 0 Å². The molecule has 0 bridgehead atoms. The number of nitrogens with one attached hydrogen (secondary N) is 1. The molecule has 3 rings (SSSR count). The van der Waals surface area contributed by atoms with Crippen LogP contribution in [0.1, 0.15) is 5.56 Å². The topological polar surface area (TPSA) is 88.4 Å². The van der Waals surface area contributed by atoms with Crippen LogP contribution in [-0.2, 0) is 11.3 Å². The molecule has 0 fully saturated rings. The zero-order valence-corrected chi connectivity index (χ0v) is 16.1. The zero-order valence-electron chi connectivity index (χ0n) is 15.3. The van der Waals surface area contributed by atoms with E-state index in [4.69, 9.17) is 0 Å². The van der Waals surface area contributed by atoms with Crippen LogP contribution in [-0.4, -0.2) is 34.3 Å². The number of benzene rings is 2. The van der Waals surface area contributed by atoms with Crippen molar-refractivity contribution in [1.29, 1.82) is 0 Å². The van der Waals surface area contributed by atoms with E-state index >= 15 is 0 Å². The molecular weight excluding hydrogens is 402 g/mol. The fourth-order valence-electron chi connectivity index (χ4n) is 2.64. The van der Waals surface area contributed by atoms with Gasteiger partial charge in [-0.15, -0.1) is 11.3 Å². The molecule has 0 aliphatic heterocycles. The lowest BCUT2D eigenvalue weighted by atomic mass is 10.1. The third kappa shape index (κ3) is 5.39. The number of hydrogen-bond acceptors (Lipinski definition) is 6. The molecule has 7 nitrogen and oxygen atoms in total. The molecule has 1 heterocycles. The first-order valence-corrected chi connectivity index (χ1v) is 9.32. The lowest BCUT2D eigenvalue weighted by molar-refractivity contribution is -0.384. The Morgan fingerprint density at radius 1 is 1.28 bits per heavy atom. The van der Waals surface area contributed by atoms with E-state index in [1.54, 1.807) is 29.5 Å². The summed E-state index contributed by atoms with van der Waals surface area (Å²) >= 11 is 1.19. The van der Waals surface area contributed by atoms with Crippen molar-refractivity contribution in [1.82, 2.24) is 9.88 Å². The second kappa shape index (κ2) is 8.84. The molecule has 0 atom stereocenters. The van der Waals surface area contributed by atoms with Gasteiger partial charge in [0.25, 0.3) is 5.69 Å². The molecule has 1 aromatic heterocycles. The summed E-state index contributed by atoms with van der Waals surface area (Å²) in [4.78, 5) is 28.5. The van der Waals surface area contributed by atoms with Crippen molar-refractivity contribution < 1.29 is 18.5 Å². The highest BCUT2D eigenvalue weighted by Gasteiger charge is 2.14. The normalized spacial score (nSPS) is 10.9. The summed E-state index contributed by atoms with van der Waals surface area (Å²) in [7, 11) is 1.64. The van der Waals surface area contributed by atoms with Crippen LogP contribution in [0.4, 0.5) is 19.6 Å². The first-order chi connectivity index (χ1) is 13.8. The molecule has 0 unspecified atom stereocenters. The van der Waals surface area contributed by atoms with Gasteiger partial charge in [-0.3, -0.25) is 19.8 Å². The molecule has 1 amide bonds. The predicted molar refractivity (Wildman–Crippen MR) is 106 cm³/mol. The van der Waals surface area contributed by atoms with Gasteiger partial charge in [0.05, 0.1) is 17.2 Å². The number of halogens is 2. The Morgan fingerprint density at radius 2 is 2.07 bits per heavy atom. The van der Waals surface area contributed by atoms with Crippen molar-refractivity contribution in [3.63, 3.8) is 0 Å². The van der Waals surface area contributed by atoms with E-state index in [2.05, 4.69) is 10.3 Å². The van der Waals surface area contributed by atoms with Crippen LogP contribution < -0.4 is 5.32 Å². The van der Waals surface area contributed by atoms with Gasteiger partial charge in [-0.25, -0.2) is 13.8 Å². The van der Waals surface area contributed by atoms with Crippen LogP contribution >= 0.6 is 11.3 Å². The Kier molecular flexibility index (Phi) is 6.25. The van der Waals surface area contributed by atoms with Gasteiger partial charge in [0.15, 0.2) is 5.13 Å². The maximum atomic E-state index is 13.7. The number of non-ortho nitro benzene ring substituents is 1. The molecule has 0 saturated carbocycles. The number of hydrogen-bond donors (Lipinski definition) is 1. The van der Waals surface area contributed by atoms with Gasteiger partial charge >= 0.3 is 0 Å². The molecule has 10 heteroatoms. The smallest absolute Gasteiger partial charge is 0.270 e. The third-order valence-corrected chi connectivity index (χ3v) is 4.73. The van der Waals surface area contributed by atoms with Crippen LogP contribution in [0, 0.1) is 21.7 Å². The van der Waals surface area contributed by atoms with E-state index in [0.717, 1.165) is 12.1 Å². The minimum Gasteiger partial charge on any atom is -0.301 e. The minimum absolute atomic E-state index is 0.0253. The molecule has 0 radical (unpaired) electrons. The first kappa shape index (κ1) is 20.5. The fourth-order valence-corrected chi connectivity index (χ4v) is 3.38. The predicted octanol–water partition coefficient (Wildman–Crippen LogP) is 4.07. The monoisotopic (exact) mass is 418 g/mol. The number of anilines is 1. The Bertz CT molecular complexity index is 1060. The molecule has 29 heavy (non-hydrogen) atoms. The highest BCUT2D eigenvalue weighted by atomic mass is 32.1. The van der Waals surface area contributed by atoms with Gasteiger partial charge in [0.2, 0.25) is 5.91 Å². The second-order valence-electron chi connectivity index (χ2n) is 6.30. The summed E-state index contributed by atoms with van der Waals surface area (Å²) in [6.07, 6.45) is 0. The SMILES string of the molecule is CN(CC(=O)Nc1nc(-c2cccc([N+](=O)[O-])c2)cs1)Cc1ccc(F)cc1F. The van der Waals surface area contributed by atoms with Gasteiger partial charge in [0, 0.05) is 41.3 Å². The summed E-state index contributed by atoms with van der Waals surface area (Å²) in [5.74, 6) is -1.68. The number of likely N-dealkylation sites (N-methyl/N-ethyl adjacent to an activating group) is 1. The lowest BCUT2D eigenvalue weighted by Crippen LogP contribution is -2.30. The number of rotatable bonds is 7. The van der Waals surface area contributed by atoms with Crippen molar-refractivity contribution in [2.45, 2.75) is 6.54 Å². The Morgan fingerprint density at radius 3 is 2.79 bits per heavy atom. The van der Waals surface area contributed by atoms with Crippen molar-refractivity contribution >= 4 is 28.1 Å². The van der Waals surface area contributed by atoms with Crippen LogP contribution in [0.2, 0.25) is 0 Å². The molecule has 3 aromatic rings. The van der Waals surface area contributed by atoms with E-state index < -0.39 is 16.6 Å². The molecule has 0 aliphatic rings. The highest BCUT2D eigenvalue weighted by Crippen LogP contribution is 2.27. The van der Waals surface area contributed by atoms with Gasteiger partial charge in [0.1, 0.15) is 11.6 Å². The largest absolute Gasteiger partial charge is 0.301 e. The van der Waals surface area contributed by atoms with Gasteiger partial charge in [-0.05, 0) is 13.1 Å². The van der Waals surface area contributed by atoms with Crippen LogP contribution in [0.25, 0.3) is 11.3 Å². The summed E-state index contributed by atoms with van der Waals surface area (Å²) in [6.45, 7) is 0.110. The molecule has 150 valence electrons. The standard InChI is InChI=1S/C19H16F2N4O3S/c1-24(9-13-5-6-14(20)8-16(13)21)10-18(26)23-19-22-17(11-29-19)12-3-2-4-15(7-12)25(27)28/h2-8,11H,9-10H2,1H3,(H,22,23,26). The van der Waals surface area contributed by atoms with Crippen molar-refractivity contribution in [2.75, 3.05) is 18.9 Å². The number of thiazole rings is 1. The van der Waals surface area contributed by atoms with Gasteiger partial charge in [-0.1, -0.05) is 18.2 Å². The average molecular weight is 418 g/mol. The fraction of sp³-hybridized carbons (Fsp3) is 0.158. The number of carbonyl (C=O) groups excluding carboxylic acids is 1. The maximum Gasteiger partial charge on any atom is 0.270 e. The van der Waals surface area contributed by atoms with Crippen LogP contribution in [0.3, 0.4) is 0 Å². The second-order valence-corrected chi connectivity index (χ2v) is 7.16. The average Bonchev–Trinajstić information content (AvgIpc) is 3.12. The number of aromatic nitrogens is 1. The number of carbonyl (C=O) groups is 1. The summed E-state index contributed by atoms with van der Waals surface area (Å²) < 4.78 is 26.7. The summed E-state index contributed by atoms with van der Waals surface area (Å²) in [5, 5.41) is 15.6. The number of amides is 1. The molecule has 1 N–H and O–H groups in total. The van der Waals surface area contributed by atoms with Crippen LogP contribution in [0.5, 0.6) is 0 Å². The first-order valence-electron chi connectivity index (χ1n) is 8.44. The molecule has 0 aliphatic carbocycles. The van der Waals surface area contributed by atoms with Crippen LogP contribution in [0.15, 0.2) is 47.8 Å². The van der Waals surface area contributed by atoms with Gasteiger partial charge in [-0.2, -0.15) is 0 Å². The van der Waals surface area contributed by atoms with Crippen molar-refractivity contribution in [3.05, 3.63) is 75.2 Å². The van der Waals surface area contributed by atoms with E-state index in [9.17, 15) is 23.7 Å². The van der Waals surface area contributed by atoms with E-state index in [1.165, 1.54) is 29.5 Å². The van der Waals surface area contributed by atoms with E-state index in [-0.39, 0.29) is 30.2 Å². The lowest BCUT2D eigenvalue weighted by Gasteiger charge is -2.16. The Balaban J connectivity index is 1.60. The maximum absolute atomic E-state index is 13.7. The number of nitro groups is 1. The zero-order chi connectivity index (χ0) is 21.0. The molecule has 0 saturated heterocycles. The number of nitro benzene ring substituents is 1. The Hall–Kier alpha value is -3.24. The van der Waals surface area contributed by atoms with Crippen molar-refractivity contribution in [2.24, 2.45) is 0 Å². The van der Waals surface area contributed by atoms with E-state index in [0.29, 0.717) is 16.4 Å².